The highest BCUT2D eigenvalue weighted by Gasteiger charge is 2.25. The van der Waals surface area contributed by atoms with Crippen molar-refractivity contribution in [1.29, 1.82) is 5.26 Å². The Morgan fingerprint density at radius 3 is 2.52 bits per heavy atom. The summed E-state index contributed by atoms with van der Waals surface area (Å²) in [7, 11) is 4.36. The standard InChI is InChI=1S/C26H29N5/c1-18-10-12-20(13-11-18)16-21-19(2)22(17-27)26-29-23-8-5-6-9-24(23)31(26)25(21)28-14-7-15-30(3)4/h5-6,8-13H,7,14-16H2,1-4H3,(H,28,29)/p+2. The summed E-state index contributed by atoms with van der Waals surface area (Å²) >= 11 is 0. The van der Waals surface area contributed by atoms with Crippen LogP contribution < -0.4 is 14.6 Å². The molecular formula is C26H31N5+2. The van der Waals surface area contributed by atoms with E-state index in [4.69, 9.17) is 0 Å². The first kappa shape index (κ1) is 20.9. The van der Waals surface area contributed by atoms with Gasteiger partial charge in [0.1, 0.15) is 22.7 Å². The Balaban J connectivity index is 1.91. The first-order valence-electron chi connectivity index (χ1n) is 11.0. The van der Waals surface area contributed by atoms with E-state index in [1.54, 1.807) is 0 Å². The van der Waals surface area contributed by atoms with Gasteiger partial charge < -0.3 is 10.2 Å². The number of pyridine rings is 1. The van der Waals surface area contributed by atoms with Crippen LogP contribution in [-0.4, -0.2) is 32.2 Å². The molecule has 5 nitrogen and oxygen atoms in total. The molecule has 0 bridgehead atoms. The lowest BCUT2D eigenvalue weighted by Crippen LogP contribution is -3.05. The number of hydrogen-bond acceptors (Lipinski definition) is 2. The Morgan fingerprint density at radius 2 is 1.81 bits per heavy atom. The van der Waals surface area contributed by atoms with Gasteiger partial charge in [0.25, 0.3) is 0 Å². The van der Waals surface area contributed by atoms with Crippen LogP contribution in [0.2, 0.25) is 0 Å². The Hall–Kier alpha value is -3.36. The van der Waals surface area contributed by atoms with E-state index in [1.807, 2.05) is 12.1 Å². The highest BCUT2D eigenvalue weighted by atomic mass is 15.1. The van der Waals surface area contributed by atoms with Gasteiger partial charge in [0, 0.05) is 18.4 Å². The summed E-state index contributed by atoms with van der Waals surface area (Å²) in [5.74, 6) is 1.08. The minimum atomic E-state index is 0.710. The molecule has 0 unspecified atom stereocenters. The van der Waals surface area contributed by atoms with Gasteiger partial charge in [0.15, 0.2) is 0 Å². The molecule has 31 heavy (non-hydrogen) atoms. The molecule has 0 fully saturated rings. The number of benzene rings is 2. The zero-order chi connectivity index (χ0) is 22.0. The third-order valence-corrected chi connectivity index (χ3v) is 5.95. The first-order chi connectivity index (χ1) is 15.0. The number of para-hydroxylation sites is 2. The molecule has 158 valence electrons. The maximum atomic E-state index is 10.0. The molecule has 0 aliphatic heterocycles. The topological polar surface area (TPSA) is 60.1 Å². The fourth-order valence-electron chi connectivity index (χ4n) is 4.22. The van der Waals surface area contributed by atoms with Crippen molar-refractivity contribution in [1.82, 2.24) is 4.98 Å². The molecule has 4 rings (SSSR count). The van der Waals surface area contributed by atoms with E-state index >= 15 is 0 Å². The van der Waals surface area contributed by atoms with Crippen LogP contribution in [0.3, 0.4) is 0 Å². The molecule has 0 atom stereocenters. The van der Waals surface area contributed by atoms with Crippen molar-refractivity contribution in [2.24, 2.45) is 0 Å². The van der Waals surface area contributed by atoms with Crippen molar-refractivity contribution >= 4 is 22.5 Å². The lowest BCUT2D eigenvalue weighted by atomic mass is 9.97. The normalized spacial score (nSPS) is 11.4. The van der Waals surface area contributed by atoms with Crippen molar-refractivity contribution in [3.63, 3.8) is 0 Å². The minimum absolute atomic E-state index is 0.710. The molecule has 3 N–H and O–H groups in total. The Bertz CT molecular complexity index is 1260. The van der Waals surface area contributed by atoms with Crippen LogP contribution >= 0.6 is 0 Å². The predicted molar refractivity (Wildman–Crippen MR) is 126 cm³/mol. The molecule has 2 aromatic heterocycles. The average Bonchev–Trinajstić information content (AvgIpc) is 3.13. The van der Waals surface area contributed by atoms with Gasteiger partial charge in [-0.25, -0.2) is 0 Å². The highest BCUT2D eigenvalue weighted by Crippen LogP contribution is 2.27. The fourth-order valence-corrected chi connectivity index (χ4v) is 4.22. The number of aryl methyl sites for hydroxylation is 1. The van der Waals surface area contributed by atoms with E-state index in [0.29, 0.717) is 5.56 Å². The summed E-state index contributed by atoms with van der Waals surface area (Å²) in [4.78, 5) is 4.93. The van der Waals surface area contributed by atoms with E-state index in [9.17, 15) is 5.26 Å². The molecule has 0 aliphatic carbocycles. The molecule has 4 aromatic rings. The molecule has 0 saturated carbocycles. The number of aromatic nitrogens is 2. The summed E-state index contributed by atoms with van der Waals surface area (Å²) in [6, 6.07) is 19.4. The number of hydrogen-bond donors (Lipinski definition) is 3. The van der Waals surface area contributed by atoms with E-state index < -0.39 is 0 Å². The van der Waals surface area contributed by atoms with Gasteiger partial charge in [-0.05, 0) is 37.1 Å². The van der Waals surface area contributed by atoms with Gasteiger partial charge in [0.05, 0.1) is 27.2 Å². The zero-order valence-electron chi connectivity index (χ0n) is 18.8. The second kappa shape index (κ2) is 8.79. The van der Waals surface area contributed by atoms with Crippen molar-refractivity contribution in [3.05, 3.63) is 76.3 Å². The van der Waals surface area contributed by atoms with Crippen LogP contribution in [-0.2, 0) is 6.42 Å². The third kappa shape index (κ3) is 4.12. The summed E-state index contributed by atoms with van der Waals surface area (Å²) in [5, 5.41) is 13.8. The predicted octanol–water partition coefficient (Wildman–Crippen LogP) is 2.93. The summed E-state index contributed by atoms with van der Waals surface area (Å²) in [6.07, 6.45) is 1.86. The van der Waals surface area contributed by atoms with Gasteiger partial charge in [-0.3, -0.25) is 4.98 Å². The van der Waals surface area contributed by atoms with Crippen molar-refractivity contribution in [3.8, 4) is 6.07 Å². The number of aromatic amines is 1. The molecule has 0 aliphatic rings. The average molecular weight is 414 g/mol. The fraction of sp³-hybridized carbons (Fsp3) is 0.308. The number of nitrogens with one attached hydrogen (secondary N) is 3. The Labute approximate surface area is 183 Å². The van der Waals surface area contributed by atoms with Gasteiger partial charge in [-0.15, -0.1) is 0 Å². The first-order valence-corrected chi connectivity index (χ1v) is 11.0. The van der Waals surface area contributed by atoms with Crippen LogP contribution in [0.25, 0.3) is 16.7 Å². The van der Waals surface area contributed by atoms with Crippen molar-refractivity contribution in [2.75, 3.05) is 32.5 Å². The van der Waals surface area contributed by atoms with Crippen LogP contribution in [0.5, 0.6) is 0 Å². The molecular weight excluding hydrogens is 382 g/mol. The number of rotatable bonds is 7. The largest absolute Gasteiger partial charge is 0.340 e. The second-order valence-corrected chi connectivity index (χ2v) is 8.66. The maximum Gasteiger partial charge on any atom is 0.250 e. The number of quaternary nitrogens is 1. The quantitative estimate of drug-likeness (QED) is 0.322. The molecule has 0 radical (unpaired) electrons. The smallest absolute Gasteiger partial charge is 0.250 e. The number of imidazole rings is 1. The lowest BCUT2D eigenvalue weighted by Gasteiger charge is -2.15. The minimum Gasteiger partial charge on any atom is -0.340 e. The van der Waals surface area contributed by atoms with Gasteiger partial charge in [-0.1, -0.05) is 42.0 Å². The Kier molecular flexibility index (Phi) is 5.92. The van der Waals surface area contributed by atoms with Gasteiger partial charge >= 0.3 is 0 Å². The lowest BCUT2D eigenvalue weighted by molar-refractivity contribution is -0.858. The maximum absolute atomic E-state index is 10.0. The molecule has 0 amide bonds. The number of nitrogens with zero attached hydrogens (tertiary/aromatic N) is 2. The summed E-state index contributed by atoms with van der Waals surface area (Å²) in [5.41, 5.74) is 8.40. The number of nitriles is 1. The van der Waals surface area contributed by atoms with Crippen LogP contribution in [0, 0.1) is 25.2 Å². The van der Waals surface area contributed by atoms with Gasteiger partial charge in [0.2, 0.25) is 11.5 Å². The monoisotopic (exact) mass is 413 g/mol. The molecule has 5 heteroatoms. The van der Waals surface area contributed by atoms with E-state index in [0.717, 1.165) is 54.0 Å². The van der Waals surface area contributed by atoms with Crippen molar-refractivity contribution in [2.45, 2.75) is 26.7 Å². The second-order valence-electron chi connectivity index (χ2n) is 8.66. The number of fused-ring (bicyclic) bond motifs is 3. The zero-order valence-corrected chi connectivity index (χ0v) is 18.8. The molecule has 0 saturated heterocycles. The van der Waals surface area contributed by atoms with Gasteiger partial charge in [-0.2, -0.15) is 9.66 Å². The Morgan fingerprint density at radius 1 is 1.06 bits per heavy atom. The number of H-pyrrole nitrogens is 1. The molecule has 2 heterocycles. The molecule has 2 aromatic carbocycles. The summed E-state index contributed by atoms with van der Waals surface area (Å²) in [6.45, 7) is 6.18. The molecule has 0 spiro atoms. The van der Waals surface area contributed by atoms with Crippen molar-refractivity contribution < 1.29 is 9.30 Å². The SMILES string of the molecule is Cc1ccc(Cc2c(C)c(C#N)c3[nH]c4ccccc4[n+]3c2NCCC[NH+](C)C)cc1. The van der Waals surface area contributed by atoms with Crippen LogP contribution in [0.15, 0.2) is 48.5 Å². The van der Waals surface area contributed by atoms with Crippen LogP contribution in [0.1, 0.15) is 34.2 Å². The number of anilines is 1. The van der Waals surface area contributed by atoms with E-state index in [1.165, 1.54) is 21.6 Å². The van der Waals surface area contributed by atoms with E-state index in [-0.39, 0.29) is 0 Å². The van der Waals surface area contributed by atoms with Crippen LogP contribution in [0.4, 0.5) is 5.82 Å². The highest BCUT2D eigenvalue weighted by molar-refractivity contribution is 5.78. The third-order valence-electron chi connectivity index (χ3n) is 5.95. The summed E-state index contributed by atoms with van der Waals surface area (Å²) < 4.78 is 2.20. The van der Waals surface area contributed by atoms with E-state index in [2.05, 4.69) is 85.1 Å².